The van der Waals surface area contributed by atoms with E-state index in [0.717, 1.165) is 43.2 Å². The zero-order valence-electron chi connectivity index (χ0n) is 22.6. The summed E-state index contributed by atoms with van der Waals surface area (Å²) in [5.41, 5.74) is 9.40. The van der Waals surface area contributed by atoms with Gasteiger partial charge in [-0.1, -0.05) is 5.57 Å². The Morgan fingerprint density at radius 1 is 1.18 bits per heavy atom. The summed E-state index contributed by atoms with van der Waals surface area (Å²) in [5.74, 6) is 1.24. The number of allylic oxidation sites excluding steroid dienone is 2. The van der Waals surface area contributed by atoms with E-state index < -0.39 is 11.4 Å². The van der Waals surface area contributed by atoms with E-state index in [1.54, 1.807) is 24.5 Å². The lowest BCUT2D eigenvalue weighted by Gasteiger charge is -2.46. The van der Waals surface area contributed by atoms with E-state index >= 15 is 0 Å². The van der Waals surface area contributed by atoms with Crippen molar-refractivity contribution in [2.24, 2.45) is 22.1 Å². The first-order valence-electron chi connectivity index (χ1n) is 14.0. The lowest BCUT2D eigenvalue weighted by Crippen LogP contribution is -2.51. The summed E-state index contributed by atoms with van der Waals surface area (Å²) in [6, 6.07) is 10.0. The van der Waals surface area contributed by atoms with Crippen LogP contribution in [0.5, 0.6) is 0 Å². The smallest absolute Gasteiger partial charge is 0.192 e. The minimum absolute atomic E-state index is 0.293. The van der Waals surface area contributed by atoms with Gasteiger partial charge in [-0.05, 0) is 79.8 Å². The van der Waals surface area contributed by atoms with E-state index in [9.17, 15) is 8.94 Å². The maximum absolute atomic E-state index is 13.8. The van der Waals surface area contributed by atoms with E-state index in [1.165, 1.54) is 30.5 Å². The second-order valence-corrected chi connectivity index (χ2v) is 12.6. The number of ether oxygens (including phenoxy) is 2. The van der Waals surface area contributed by atoms with Crippen LogP contribution in [-0.2, 0) is 20.8 Å². The van der Waals surface area contributed by atoms with E-state index in [0.29, 0.717) is 55.8 Å². The number of benzene rings is 1. The minimum Gasteiger partial charge on any atom is -0.593 e. The summed E-state index contributed by atoms with van der Waals surface area (Å²) in [5, 5.41) is 0. The molecule has 212 valence electrons. The topological polar surface area (TPSA) is 99.3 Å². The third-order valence-corrected chi connectivity index (χ3v) is 9.58. The van der Waals surface area contributed by atoms with E-state index in [4.69, 9.17) is 20.2 Å². The van der Waals surface area contributed by atoms with Gasteiger partial charge in [0.05, 0.1) is 55.3 Å². The predicted octanol–water partition coefficient (Wildman–Crippen LogP) is 4.14. The molecule has 4 aliphatic rings. The molecule has 6 rings (SSSR count). The normalized spacial score (nSPS) is 26.6. The van der Waals surface area contributed by atoms with Crippen molar-refractivity contribution in [3.8, 4) is 0 Å². The van der Waals surface area contributed by atoms with Crippen molar-refractivity contribution in [1.82, 2.24) is 9.29 Å². The Hall–Kier alpha value is -2.76. The summed E-state index contributed by atoms with van der Waals surface area (Å²) < 4.78 is 41.0. The van der Waals surface area contributed by atoms with Gasteiger partial charge in [0.15, 0.2) is 4.90 Å². The fraction of sp³-hybridized carbons (Fsp3) is 0.467. The molecule has 0 amide bonds. The van der Waals surface area contributed by atoms with Crippen molar-refractivity contribution in [3.63, 3.8) is 0 Å². The second kappa shape index (κ2) is 12.0. The van der Waals surface area contributed by atoms with Crippen LogP contribution in [0.25, 0.3) is 0 Å². The number of rotatable bonds is 8. The molecule has 1 saturated carbocycles. The molecule has 0 spiro atoms. The van der Waals surface area contributed by atoms with Crippen LogP contribution in [0.1, 0.15) is 25.7 Å². The van der Waals surface area contributed by atoms with Gasteiger partial charge in [0.2, 0.25) is 0 Å². The second-order valence-electron chi connectivity index (χ2n) is 11.1. The quantitative estimate of drug-likeness (QED) is 0.480. The monoisotopic (exact) mass is 565 g/mol. The fourth-order valence-corrected chi connectivity index (χ4v) is 6.93. The highest BCUT2D eigenvalue weighted by Gasteiger charge is 2.47. The molecule has 2 aliphatic heterocycles. The summed E-state index contributed by atoms with van der Waals surface area (Å²) in [4.78, 5) is 12.3. The molecule has 2 atom stereocenters. The molecule has 10 heteroatoms. The van der Waals surface area contributed by atoms with Gasteiger partial charge in [-0.3, -0.25) is 0 Å². The van der Waals surface area contributed by atoms with E-state index in [1.807, 2.05) is 16.4 Å². The van der Waals surface area contributed by atoms with Crippen LogP contribution >= 0.6 is 0 Å². The number of hydrogen-bond acceptors (Lipinski definition) is 8. The third kappa shape index (κ3) is 6.11. The van der Waals surface area contributed by atoms with Crippen molar-refractivity contribution in [3.05, 3.63) is 71.8 Å². The number of nitrogens with zero attached hydrogens (tertiary/aromatic N) is 4. The molecule has 1 aromatic carbocycles. The number of fused-ring (bicyclic) bond motifs is 1. The number of piperidine rings is 1. The number of morpholine rings is 1. The van der Waals surface area contributed by atoms with E-state index in [-0.39, 0.29) is 11.2 Å². The SMILES string of the molecule is NC=C1C[C@]2(COCC3CC3)CN([S+]([O-])c3ccc(N4CCOCC4)nc3)CCC2=CC1=Nc1ccc(F)cc1. The number of aliphatic imine (C=N–C) groups is 1. The highest BCUT2D eigenvalue weighted by Crippen LogP contribution is 2.46. The van der Waals surface area contributed by atoms with Crippen molar-refractivity contribution in [2.75, 3.05) is 57.5 Å². The number of aromatic nitrogens is 1. The number of anilines is 1. The maximum Gasteiger partial charge on any atom is 0.192 e. The zero-order chi connectivity index (χ0) is 27.5. The molecule has 0 radical (unpaired) electrons. The Bertz CT molecular complexity index is 1280. The highest BCUT2D eigenvalue weighted by atomic mass is 32.2. The minimum atomic E-state index is -1.35. The number of hydrogen-bond donors (Lipinski definition) is 1. The molecule has 8 nitrogen and oxygen atoms in total. The molecular weight excluding hydrogens is 529 g/mol. The first kappa shape index (κ1) is 27.4. The number of pyridine rings is 1. The van der Waals surface area contributed by atoms with Gasteiger partial charge in [-0.25, -0.2) is 14.4 Å². The Morgan fingerprint density at radius 2 is 1.98 bits per heavy atom. The molecule has 3 heterocycles. The standard InChI is InChI=1S/C30H36FN5O3S/c31-25-3-5-26(6-4-25)34-28-15-24-9-10-36(20-30(24,16-23(28)17-32)21-39-19-22-1-2-22)40(37)27-7-8-29(33-18-27)35-11-13-38-14-12-35/h3-8,15,17-18,22H,1-2,9-14,16,19-21,32H2/t30-,40?/m1/s1. The van der Waals surface area contributed by atoms with Crippen LogP contribution in [0.15, 0.2) is 75.9 Å². The summed E-state index contributed by atoms with van der Waals surface area (Å²) in [6.07, 6.45) is 9.30. The first-order chi connectivity index (χ1) is 19.5. The van der Waals surface area contributed by atoms with Crippen LogP contribution in [0.3, 0.4) is 0 Å². The van der Waals surface area contributed by atoms with Crippen molar-refractivity contribution in [1.29, 1.82) is 0 Å². The molecule has 3 fully saturated rings. The summed E-state index contributed by atoms with van der Waals surface area (Å²) in [7, 11) is 0. The average molecular weight is 566 g/mol. The Morgan fingerprint density at radius 3 is 2.67 bits per heavy atom. The zero-order valence-corrected chi connectivity index (χ0v) is 23.5. The fourth-order valence-electron chi connectivity index (χ4n) is 5.68. The molecule has 1 aromatic heterocycles. The van der Waals surface area contributed by atoms with Crippen molar-refractivity contribution >= 4 is 28.6 Å². The Kier molecular flexibility index (Phi) is 8.22. The van der Waals surface area contributed by atoms with Crippen molar-refractivity contribution in [2.45, 2.75) is 30.6 Å². The molecule has 2 saturated heterocycles. The molecule has 0 bridgehead atoms. The molecular formula is C30H36FN5O3S. The molecule has 1 unspecified atom stereocenters. The molecule has 2 N–H and O–H groups in total. The van der Waals surface area contributed by atoms with Gasteiger partial charge in [-0.2, -0.15) is 0 Å². The van der Waals surface area contributed by atoms with Gasteiger partial charge >= 0.3 is 0 Å². The van der Waals surface area contributed by atoms with Crippen LogP contribution < -0.4 is 10.6 Å². The largest absolute Gasteiger partial charge is 0.593 e. The van der Waals surface area contributed by atoms with Crippen LogP contribution in [0, 0.1) is 17.2 Å². The maximum atomic E-state index is 13.8. The molecule has 2 aliphatic carbocycles. The van der Waals surface area contributed by atoms with Crippen molar-refractivity contribution < 1.29 is 18.4 Å². The van der Waals surface area contributed by atoms with Gasteiger partial charge in [0.25, 0.3) is 0 Å². The molecule has 2 aromatic rings. The van der Waals surface area contributed by atoms with E-state index in [2.05, 4.69) is 16.0 Å². The highest BCUT2D eigenvalue weighted by molar-refractivity contribution is 7.89. The van der Waals surface area contributed by atoms with Crippen LogP contribution in [0.2, 0.25) is 0 Å². The number of halogens is 1. The average Bonchev–Trinajstić information content (AvgIpc) is 3.82. The lowest BCUT2D eigenvalue weighted by atomic mass is 9.68. The predicted molar refractivity (Wildman–Crippen MR) is 154 cm³/mol. The Balaban J connectivity index is 1.24. The first-order valence-corrected chi connectivity index (χ1v) is 15.1. The third-order valence-electron chi connectivity index (χ3n) is 8.16. The van der Waals surface area contributed by atoms with Gasteiger partial charge in [-0.15, -0.1) is 4.31 Å². The van der Waals surface area contributed by atoms with Gasteiger partial charge in [0.1, 0.15) is 11.6 Å². The van der Waals surface area contributed by atoms with Crippen LogP contribution in [-0.4, -0.2) is 72.2 Å². The summed E-state index contributed by atoms with van der Waals surface area (Å²) in [6.45, 7) is 5.54. The van der Waals surface area contributed by atoms with Gasteiger partial charge in [0, 0.05) is 37.7 Å². The molecule has 40 heavy (non-hydrogen) atoms. The summed E-state index contributed by atoms with van der Waals surface area (Å²) >= 11 is -1.35. The van der Waals surface area contributed by atoms with Crippen LogP contribution in [0.4, 0.5) is 15.9 Å². The van der Waals surface area contributed by atoms with Gasteiger partial charge < -0.3 is 24.7 Å². The Labute approximate surface area is 238 Å². The number of nitrogens with two attached hydrogens (primary N) is 1. The lowest BCUT2D eigenvalue weighted by molar-refractivity contribution is 0.0360.